The second-order valence-corrected chi connectivity index (χ2v) is 9.35. The summed E-state index contributed by atoms with van der Waals surface area (Å²) in [7, 11) is -3.31. The molecule has 1 unspecified atom stereocenters. The van der Waals surface area contributed by atoms with Crippen molar-refractivity contribution in [2.45, 2.75) is 30.6 Å². The van der Waals surface area contributed by atoms with Crippen molar-refractivity contribution in [1.82, 2.24) is 15.3 Å². The maximum Gasteiger partial charge on any atom is 0.319 e. The Bertz CT molecular complexity index is 988. The van der Waals surface area contributed by atoms with Crippen LogP contribution in [-0.4, -0.2) is 48.4 Å². The highest BCUT2D eigenvalue weighted by Gasteiger charge is 2.55. The molecule has 5 N–H and O–H groups in total. The van der Waals surface area contributed by atoms with Crippen LogP contribution in [0.2, 0.25) is 0 Å². The van der Waals surface area contributed by atoms with E-state index in [2.05, 4.69) is 20.6 Å². The van der Waals surface area contributed by atoms with Gasteiger partial charge in [0.15, 0.2) is 15.7 Å². The number of aliphatic hydroxyl groups excluding tert-OH is 1. The molecule has 1 aliphatic rings. The summed E-state index contributed by atoms with van der Waals surface area (Å²) < 4.78 is 23.3. The molecule has 150 valence electrons. The summed E-state index contributed by atoms with van der Waals surface area (Å²) in [6.07, 6.45) is 2.25. The van der Waals surface area contributed by atoms with Crippen molar-refractivity contribution in [3.05, 3.63) is 36.0 Å². The number of nitrogens with one attached hydrogen (secondary N) is 2. The van der Waals surface area contributed by atoms with E-state index in [4.69, 9.17) is 10.8 Å². The van der Waals surface area contributed by atoms with E-state index < -0.39 is 20.6 Å². The molecular formula is C18H23N5O4S. The minimum Gasteiger partial charge on any atom is -0.394 e. The highest BCUT2D eigenvalue weighted by molar-refractivity contribution is 7.91. The number of benzene rings is 1. The molecule has 1 fully saturated rings. The third-order valence-electron chi connectivity index (χ3n) is 4.68. The van der Waals surface area contributed by atoms with E-state index in [0.717, 1.165) is 0 Å². The zero-order valence-corrected chi connectivity index (χ0v) is 16.5. The number of nitrogens with zero attached hydrogens (tertiary/aromatic N) is 2. The SMILES string of the molecule is CC(CO)NC(=O)Nc1ccc(-c2nc(N)cc(C3(S(C)(=O)=O)CC3)n2)cc1. The molecule has 0 radical (unpaired) electrons. The van der Waals surface area contributed by atoms with Gasteiger partial charge in [-0.25, -0.2) is 23.2 Å². The van der Waals surface area contributed by atoms with Crippen molar-refractivity contribution >= 4 is 27.4 Å². The van der Waals surface area contributed by atoms with Gasteiger partial charge in [0.05, 0.1) is 18.3 Å². The first kappa shape index (κ1) is 20.0. The van der Waals surface area contributed by atoms with Gasteiger partial charge in [0.2, 0.25) is 0 Å². The lowest BCUT2D eigenvalue weighted by molar-refractivity contribution is 0.229. The maximum absolute atomic E-state index is 12.2. The van der Waals surface area contributed by atoms with Gasteiger partial charge in [-0.15, -0.1) is 0 Å². The Labute approximate surface area is 163 Å². The van der Waals surface area contributed by atoms with Gasteiger partial charge in [0.25, 0.3) is 0 Å². The highest BCUT2D eigenvalue weighted by atomic mass is 32.2. The van der Waals surface area contributed by atoms with Crippen molar-refractivity contribution in [3.63, 3.8) is 0 Å². The molecule has 0 aliphatic heterocycles. The fraction of sp³-hybridized carbons (Fsp3) is 0.389. The predicted molar refractivity (Wildman–Crippen MR) is 106 cm³/mol. The van der Waals surface area contributed by atoms with Gasteiger partial charge in [-0.2, -0.15) is 0 Å². The van der Waals surface area contributed by atoms with Crippen LogP contribution in [0, 0.1) is 0 Å². The van der Waals surface area contributed by atoms with Gasteiger partial charge in [-0.05, 0) is 44.0 Å². The Morgan fingerprint density at radius 2 is 1.93 bits per heavy atom. The highest BCUT2D eigenvalue weighted by Crippen LogP contribution is 2.52. The number of aromatic nitrogens is 2. The number of sulfone groups is 1. The second kappa shape index (κ2) is 7.36. The van der Waals surface area contributed by atoms with E-state index in [9.17, 15) is 13.2 Å². The molecule has 0 spiro atoms. The van der Waals surface area contributed by atoms with E-state index in [-0.39, 0.29) is 18.5 Å². The zero-order valence-electron chi connectivity index (χ0n) is 15.6. The first-order valence-electron chi connectivity index (χ1n) is 8.78. The normalized spacial score (nSPS) is 16.2. The molecule has 1 aromatic carbocycles. The number of hydrogen-bond donors (Lipinski definition) is 4. The molecule has 2 aromatic rings. The number of nitrogen functional groups attached to an aromatic ring is 1. The van der Waals surface area contributed by atoms with Gasteiger partial charge in [0.1, 0.15) is 10.6 Å². The fourth-order valence-electron chi connectivity index (χ4n) is 2.90. The van der Waals surface area contributed by atoms with Crippen LogP contribution in [0.3, 0.4) is 0 Å². The molecule has 3 rings (SSSR count). The number of carbonyl (C=O) groups excluding carboxylic acids is 1. The summed E-state index contributed by atoms with van der Waals surface area (Å²) in [4.78, 5) is 20.5. The number of hydrogen-bond acceptors (Lipinski definition) is 7. The Hall–Kier alpha value is -2.72. The van der Waals surface area contributed by atoms with Crippen LogP contribution in [0.15, 0.2) is 30.3 Å². The maximum atomic E-state index is 12.2. The number of rotatable bonds is 6. The lowest BCUT2D eigenvalue weighted by Gasteiger charge is -2.14. The molecule has 0 bridgehead atoms. The summed E-state index contributed by atoms with van der Waals surface area (Å²) in [6.45, 7) is 1.52. The van der Waals surface area contributed by atoms with Gasteiger partial charge in [-0.3, -0.25) is 0 Å². The first-order valence-corrected chi connectivity index (χ1v) is 10.7. The standard InChI is InChI=1S/C18H23N5O4S/c1-11(10-24)20-17(25)21-13-5-3-12(4-6-13)16-22-14(9-15(19)23-16)18(7-8-18)28(2,26)27/h3-6,9,11,24H,7-8,10H2,1-2H3,(H2,19,22,23)(H2,20,21,25). The molecule has 1 aromatic heterocycles. The molecule has 0 saturated heterocycles. The minimum absolute atomic E-state index is 0.156. The van der Waals surface area contributed by atoms with Crippen molar-refractivity contribution in [2.24, 2.45) is 0 Å². The zero-order chi connectivity index (χ0) is 20.5. The Kier molecular flexibility index (Phi) is 5.26. The average Bonchev–Trinajstić information content (AvgIpc) is 3.43. The largest absolute Gasteiger partial charge is 0.394 e. The smallest absolute Gasteiger partial charge is 0.319 e. The third kappa shape index (κ3) is 4.07. The number of aliphatic hydroxyl groups is 1. The van der Waals surface area contributed by atoms with E-state index in [0.29, 0.717) is 35.6 Å². The van der Waals surface area contributed by atoms with Gasteiger partial charge >= 0.3 is 6.03 Å². The van der Waals surface area contributed by atoms with E-state index >= 15 is 0 Å². The number of urea groups is 1. The van der Waals surface area contributed by atoms with E-state index in [1.54, 1.807) is 31.2 Å². The predicted octanol–water partition coefficient (Wildman–Crippen LogP) is 1.26. The summed E-state index contributed by atoms with van der Waals surface area (Å²) in [6, 6.07) is 7.50. The number of carbonyl (C=O) groups is 1. The Morgan fingerprint density at radius 3 is 2.46 bits per heavy atom. The second-order valence-electron chi connectivity index (χ2n) is 7.03. The summed E-state index contributed by atoms with van der Waals surface area (Å²) in [5.41, 5.74) is 7.49. The van der Waals surface area contributed by atoms with Crippen LogP contribution in [0.4, 0.5) is 16.3 Å². The molecule has 28 heavy (non-hydrogen) atoms. The Balaban J connectivity index is 1.82. The molecule has 1 aliphatic carbocycles. The summed E-state index contributed by atoms with van der Waals surface area (Å²) in [5.74, 6) is 0.532. The van der Waals surface area contributed by atoms with Crippen molar-refractivity contribution in [2.75, 3.05) is 23.9 Å². The monoisotopic (exact) mass is 405 g/mol. The van der Waals surface area contributed by atoms with Crippen LogP contribution < -0.4 is 16.4 Å². The number of amides is 2. The minimum atomic E-state index is -3.31. The van der Waals surface area contributed by atoms with Crippen molar-refractivity contribution < 1.29 is 18.3 Å². The molecule has 1 heterocycles. The molecule has 10 heteroatoms. The summed E-state index contributed by atoms with van der Waals surface area (Å²) >= 11 is 0. The van der Waals surface area contributed by atoms with Gasteiger partial charge < -0.3 is 21.5 Å². The molecule has 1 saturated carbocycles. The van der Waals surface area contributed by atoms with Gasteiger partial charge in [-0.1, -0.05) is 0 Å². The topological polar surface area (TPSA) is 147 Å². The molecular weight excluding hydrogens is 382 g/mol. The van der Waals surface area contributed by atoms with Crippen LogP contribution in [0.5, 0.6) is 0 Å². The Morgan fingerprint density at radius 1 is 1.29 bits per heavy atom. The molecule has 1 atom stereocenters. The lowest BCUT2D eigenvalue weighted by atomic mass is 10.1. The molecule has 2 amide bonds. The lowest BCUT2D eigenvalue weighted by Crippen LogP contribution is -2.38. The fourth-order valence-corrected chi connectivity index (χ4v) is 4.23. The van der Waals surface area contributed by atoms with Crippen LogP contribution >= 0.6 is 0 Å². The van der Waals surface area contributed by atoms with Crippen LogP contribution in [0.25, 0.3) is 11.4 Å². The van der Waals surface area contributed by atoms with Crippen LogP contribution in [0.1, 0.15) is 25.5 Å². The quantitative estimate of drug-likeness (QED) is 0.565. The summed E-state index contributed by atoms with van der Waals surface area (Å²) in [5, 5.41) is 14.2. The van der Waals surface area contributed by atoms with Crippen molar-refractivity contribution in [1.29, 1.82) is 0 Å². The average molecular weight is 405 g/mol. The molecule has 9 nitrogen and oxygen atoms in total. The van der Waals surface area contributed by atoms with Crippen molar-refractivity contribution in [3.8, 4) is 11.4 Å². The van der Waals surface area contributed by atoms with Crippen LogP contribution in [-0.2, 0) is 14.6 Å². The number of nitrogens with two attached hydrogens (primary N) is 1. The van der Waals surface area contributed by atoms with E-state index in [1.807, 2.05) is 0 Å². The van der Waals surface area contributed by atoms with Gasteiger partial charge in [0, 0.05) is 23.6 Å². The number of anilines is 2. The first-order chi connectivity index (χ1) is 13.1. The third-order valence-corrected chi connectivity index (χ3v) is 6.72. The van der Waals surface area contributed by atoms with E-state index in [1.165, 1.54) is 12.3 Å².